The lowest BCUT2D eigenvalue weighted by Crippen LogP contribution is -2.29. The molecule has 1 unspecified atom stereocenters. The Morgan fingerprint density at radius 3 is 2.35 bits per heavy atom. The van der Waals surface area contributed by atoms with Gasteiger partial charge in [-0.05, 0) is 31.7 Å². The maximum absolute atomic E-state index is 11.9. The summed E-state index contributed by atoms with van der Waals surface area (Å²) in [6, 6.07) is 8.27. The van der Waals surface area contributed by atoms with Crippen molar-refractivity contribution in [1.29, 1.82) is 0 Å². The summed E-state index contributed by atoms with van der Waals surface area (Å²) in [5, 5.41) is 11.9. The number of rotatable bonds is 4. The molecule has 1 aromatic rings. The first kappa shape index (κ1) is 16.3. The van der Waals surface area contributed by atoms with E-state index in [0.717, 1.165) is 10.3 Å². The maximum atomic E-state index is 11.9. The van der Waals surface area contributed by atoms with Crippen molar-refractivity contribution in [3.63, 3.8) is 0 Å². The second kappa shape index (κ2) is 6.58. The molecule has 0 aliphatic rings. The van der Waals surface area contributed by atoms with E-state index in [0.29, 0.717) is 6.54 Å². The summed E-state index contributed by atoms with van der Waals surface area (Å²) < 4.78 is 0.982. The average Bonchev–Trinajstić information content (AvgIpc) is 2.38. The minimum Gasteiger partial charge on any atom is -0.623 e. The van der Waals surface area contributed by atoms with Crippen LogP contribution in [0, 0.1) is 17.6 Å². The zero-order valence-electron chi connectivity index (χ0n) is 13.1. The highest BCUT2D eigenvalue weighted by Gasteiger charge is 2.18. The Kier molecular flexibility index (Phi) is 5.35. The summed E-state index contributed by atoms with van der Waals surface area (Å²) in [6.45, 7) is 8.41. The fraction of sp³-hybridized carbons (Fsp3) is 0.471. The standard InChI is InChI=1S/C17H24N2O/c1-7-12-18(6)14(2)16-10-8-15(9-11-16)13-19(20)17(3,4)5/h1,8-11,13-14H,12H2,2-6H3/b19-13-. The molecule has 20 heavy (non-hydrogen) atoms. The number of benzene rings is 1. The summed E-state index contributed by atoms with van der Waals surface area (Å²) in [4.78, 5) is 2.10. The van der Waals surface area contributed by atoms with Crippen molar-refractivity contribution in [3.8, 4) is 12.3 Å². The Hall–Kier alpha value is -1.79. The van der Waals surface area contributed by atoms with Gasteiger partial charge < -0.3 is 5.21 Å². The highest BCUT2D eigenvalue weighted by molar-refractivity contribution is 5.75. The second-order valence-corrected chi connectivity index (χ2v) is 6.09. The normalized spacial score (nSPS) is 14.2. The largest absolute Gasteiger partial charge is 0.623 e. The molecule has 1 atom stereocenters. The van der Waals surface area contributed by atoms with Crippen molar-refractivity contribution in [2.24, 2.45) is 0 Å². The molecule has 0 aliphatic carbocycles. The molecule has 3 nitrogen and oxygen atoms in total. The molecule has 108 valence electrons. The van der Waals surface area contributed by atoms with Gasteiger partial charge in [-0.2, -0.15) is 0 Å². The Labute approximate surface area is 122 Å². The van der Waals surface area contributed by atoms with Gasteiger partial charge in [-0.25, -0.2) is 4.74 Å². The minimum absolute atomic E-state index is 0.256. The van der Waals surface area contributed by atoms with Crippen molar-refractivity contribution in [2.45, 2.75) is 39.3 Å². The van der Waals surface area contributed by atoms with E-state index in [1.54, 1.807) is 6.21 Å². The number of hydroxylamine groups is 1. The van der Waals surface area contributed by atoms with Crippen LogP contribution in [-0.4, -0.2) is 35.0 Å². The summed E-state index contributed by atoms with van der Waals surface area (Å²) in [7, 11) is 2.00. The predicted molar refractivity (Wildman–Crippen MR) is 84.9 cm³/mol. The fourth-order valence-electron chi connectivity index (χ4n) is 1.73. The third-order valence-electron chi connectivity index (χ3n) is 3.35. The SMILES string of the molecule is C#CCN(C)C(C)c1ccc(/C=[N+](\[O-])C(C)(C)C)cc1. The van der Waals surface area contributed by atoms with Crippen molar-refractivity contribution in [2.75, 3.05) is 13.6 Å². The van der Waals surface area contributed by atoms with Gasteiger partial charge in [0.25, 0.3) is 0 Å². The van der Waals surface area contributed by atoms with Gasteiger partial charge in [0.15, 0.2) is 11.8 Å². The fourth-order valence-corrected chi connectivity index (χ4v) is 1.73. The van der Waals surface area contributed by atoms with Crippen LogP contribution in [0.2, 0.25) is 0 Å². The molecule has 0 heterocycles. The number of hydrogen-bond donors (Lipinski definition) is 0. The Bertz CT molecular complexity index is 503. The van der Waals surface area contributed by atoms with Crippen LogP contribution in [0.15, 0.2) is 24.3 Å². The van der Waals surface area contributed by atoms with E-state index < -0.39 is 5.54 Å². The number of hydrogen-bond acceptors (Lipinski definition) is 2. The van der Waals surface area contributed by atoms with E-state index in [-0.39, 0.29) is 6.04 Å². The molecule has 0 spiro atoms. The van der Waals surface area contributed by atoms with E-state index in [1.165, 1.54) is 5.56 Å². The van der Waals surface area contributed by atoms with Gasteiger partial charge in [-0.1, -0.05) is 18.1 Å². The lowest BCUT2D eigenvalue weighted by Gasteiger charge is -2.23. The Balaban J connectivity index is 2.87. The van der Waals surface area contributed by atoms with E-state index in [4.69, 9.17) is 6.42 Å². The average molecular weight is 272 g/mol. The van der Waals surface area contributed by atoms with Crippen LogP contribution in [0.25, 0.3) is 0 Å². The minimum atomic E-state index is -0.418. The molecule has 0 saturated carbocycles. The second-order valence-electron chi connectivity index (χ2n) is 6.09. The molecule has 0 N–H and O–H groups in total. The smallest absolute Gasteiger partial charge is 0.182 e. The van der Waals surface area contributed by atoms with Crippen molar-refractivity contribution >= 4 is 6.21 Å². The molecule has 0 bridgehead atoms. The van der Waals surface area contributed by atoms with Gasteiger partial charge in [-0.3, -0.25) is 4.90 Å². The van der Waals surface area contributed by atoms with E-state index >= 15 is 0 Å². The Morgan fingerprint density at radius 1 is 1.35 bits per heavy atom. The van der Waals surface area contributed by atoms with Crippen molar-refractivity contribution in [3.05, 3.63) is 40.6 Å². The Morgan fingerprint density at radius 2 is 1.90 bits per heavy atom. The number of terminal acetylenes is 1. The van der Waals surface area contributed by atoms with E-state index in [1.807, 2.05) is 52.1 Å². The first-order chi connectivity index (χ1) is 9.25. The molecule has 0 aliphatic heterocycles. The summed E-state index contributed by atoms with van der Waals surface area (Å²) >= 11 is 0. The highest BCUT2D eigenvalue weighted by atomic mass is 16.5. The molecule has 0 radical (unpaired) electrons. The van der Waals surface area contributed by atoms with Crippen LogP contribution in [0.3, 0.4) is 0 Å². The van der Waals surface area contributed by atoms with Gasteiger partial charge in [0, 0.05) is 32.4 Å². The zero-order valence-corrected chi connectivity index (χ0v) is 13.1. The van der Waals surface area contributed by atoms with Crippen LogP contribution in [0.4, 0.5) is 0 Å². The topological polar surface area (TPSA) is 29.3 Å². The maximum Gasteiger partial charge on any atom is 0.182 e. The van der Waals surface area contributed by atoms with Gasteiger partial charge in [0.05, 0.1) is 6.54 Å². The van der Waals surface area contributed by atoms with Gasteiger partial charge in [-0.15, -0.1) is 6.42 Å². The van der Waals surface area contributed by atoms with Gasteiger partial charge in [0.1, 0.15) is 0 Å². The van der Waals surface area contributed by atoms with Crippen LogP contribution in [0.1, 0.15) is 44.9 Å². The molecule has 0 fully saturated rings. The van der Waals surface area contributed by atoms with E-state index in [9.17, 15) is 5.21 Å². The lowest BCUT2D eigenvalue weighted by molar-refractivity contribution is -0.530. The first-order valence-corrected chi connectivity index (χ1v) is 6.80. The van der Waals surface area contributed by atoms with Crippen LogP contribution in [-0.2, 0) is 0 Å². The van der Waals surface area contributed by atoms with Gasteiger partial charge >= 0.3 is 0 Å². The molecule has 0 amide bonds. The van der Waals surface area contributed by atoms with Crippen molar-refractivity contribution < 1.29 is 4.74 Å². The lowest BCUT2D eigenvalue weighted by atomic mass is 10.0. The quantitative estimate of drug-likeness (QED) is 0.277. The molecule has 0 saturated heterocycles. The first-order valence-electron chi connectivity index (χ1n) is 6.80. The third-order valence-corrected chi connectivity index (χ3v) is 3.35. The van der Waals surface area contributed by atoms with E-state index in [2.05, 4.69) is 17.7 Å². The third kappa shape index (κ3) is 4.40. The van der Waals surface area contributed by atoms with Crippen LogP contribution in [0.5, 0.6) is 0 Å². The molecule has 1 aromatic carbocycles. The van der Waals surface area contributed by atoms with Gasteiger partial charge in [0.2, 0.25) is 0 Å². The summed E-state index contributed by atoms with van der Waals surface area (Å²) in [5.74, 6) is 2.64. The predicted octanol–water partition coefficient (Wildman–Crippen LogP) is 3.04. The zero-order chi connectivity index (χ0) is 15.3. The molecule has 1 rings (SSSR count). The highest BCUT2D eigenvalue weighted by Crippen LogP contribution is 2.18. The van der Waals surface area contributed by atoms with Crippen molar-refractivity contribution in [1.82, 2.24) is 4.90 Å². The van der Waals surface area contributed by atoms with Crippen LogP contribution >= 0.6 is 0 Å². The molecular formula is C17H24N2O. The number of nitrogens with zero attached hydrogens (tertiary/aromatic N) is 2. The summed E-state index contributed by atoms with van der Waals surface area (Å²) in [6.07, 6.45) is 6.95. The monoisotopic (exact) mass is 272 g/mol. The molecular weight excluding hydrogens is 248 g/mol. The molecule has 3 heteroatoms. The van der Waals surface area contributed by atoms with Crippen LogP contribution < -0.4 is 0 Å². The summed E-state index contributed by atoms with van der Waals surface area (Å²) in [5.41, 5.74) is 1.68. The molecule has 0 aromatic heterocycles.